The molecule has 0 radical (unpaired) electrons. The lowest BCUT2D eigenvalue weighted by Crippen LogP contribution is -2.42. The van der Waals surface area contributed by atoms with Crippen molar-refractivity contribution >= 4 is 35.1 Å². The molecular formula is C25H25ClN4O2. The number of anilines is 1. The minimum Gasteiger partial charge on any atom is -0.436 e. The van der Waals surface area contributed by atoms with E-state index < -0.39 is 0 Å². The number of hydrogen-bond acceptors (Lipinski definition) is 5. The van der Waals surface area contributed by atoms with E-state index in [1.807, 2.05) is 54.6 Å². The van der Waals surface area contributed by atoms with Crippen LogP contribution in [0.4, 0.5) is 5.69 Å². The van der Waals surface area contributed by atoms with Gasteiger partial charge in [-0.2, -0.15) is 0 Å². The molecule has 1 saturated heterocycles. The topological polar surface area (TPSA) is 70.4 Å². The molecule has 1 fully saturated rings. The Balaban J connectivity index is 0.00000245. The predicted octanol–water partition coefficient (Wildman–Crippen LogP) is 4.57. The Morgan fingerprint density at radius 2 is 1.72 bits per heavy atom. The minimum atomic E-state index is -0.163. The third kappa shape index (κ3) is 4.67. The molecule has 5 rings (SSSR count). The summed E-state index contributed by atoms with van der Waals surface area (Å²) < 4.78 is 6.25. The molecule has 7 heteroatoms. The highest BCUT2D eigenvalue weighted by Crippen LogP contribution is 2.32. The number of piperazine rings is 1. The second-order valence-corrected chi connectivity index (χ2v) is 7.68. The van der Waals surface area contributed by atoms with Crippen LogP contribution in [0, 0.1) is 0 Å². The highest BCUT2D eigenvalue weighted by atomic mass is 35.5. The average molecular weight is 449 g/mol. The molecule has 0 bridgehead atoms. The number of halogens is 1. The summed E-state index contributed by atoms with van der Waals surface area (Å²) in [5, 5.41) is 6.38. The van der Waals surface area contributed by atoms with Crippen molar-refractivity contribution in [3.8, 4) is 11.5 Å². The van der Waals surface area contributed by atoms with Gasteiger partial charge >= 0.3 is 0 Å². The Hall–Kier alpha value is -3.19. The third-order valence-corrected chi connectivity index (χ3v) is 5.54. The van der Waals surface area contributed by atoms with Gasteiger partial charge < -0.3 is 15.1 Å². The van der Waals surface area contributed by atoms with Crippen molar-refractivity contribution in [2.24, 2.45) is 0 Å². The van der Waals surface area contributed by atoms with Crippen LogP contribution in [0.25, 0.3) is 22.6 Å². The van der Waals surface area contributed by atoms with E-state index in [1.54, 1.807) is 12.1 Å². The van der Waals surface area contributed by atoms with Crippen molar-refractivity contribution in [2.75, 3.05) is 31.5 Å². The van der Waals surface area contributed by atoms with Crippen molar-refractivity contribution in [3.63, 3.8) is 0 Å². The monoisotopic (exact) mass is 448 g/mol. The van der Waals surface area contributed by atoms with E-state index in [0.717, 1.165) is 55.0 Å². The fourth-order valence-corrected chi connectivity index (χ4v) is 3.92. The molecule has 6 nitrogen and oxygen atoms in total. The molecular weight excluding hydrogens is 424 g/mol. The van der Waals surface area contributed by atoms with Crippen LogP contribution < -0.4 is 10.6 Å². The number of aromatic nitrogens is 1. The zero-order valence-corrected chi connectivity index (χ0v) is 18.4. The molecule has 1 aliphatic rings. The zero-order chi connectivity index (χ0) is 21.0. The van der Waals surface area contributed by atoms with Crippen molar-refractivity contribution < 1.29 is 9.21 Å². The van der Waals surface area contributed by atoms with Crippen LogP contribution in [0.5, 0.6) is 0 Å². The van der Waals surface area contributed by atoms with Crippen LogP contribution in [0.3, 0.4) is 0 Å². The molecule has 1 aromatic heterocycles. The minimum absolute atomic E-state index is 0. The summed E-state index contributed by atoms with van der Waals surface area (Å²) in [6.45, 7) is 4.88. The standard InChI is InChI=1S/C25H24N4O2.ClH/c30-24(18-7-2-1-3-8-18)27-21-11-5-4-10-20(21)25-28-22-12-6-9-19(23(22)31-25)17-29-15-13-26-14-16-29;/h1-12,26H,13-17H2,(H,27,30);1H. The lowest BCUT2D eigenvalue weighted by atomic mass is 10.1. The van der Waals surface area contributed by atoms with Crippen LogP contribution in [0.1, 0.15) is 15.9 Å². The Kier molecular flexibility index (Phi) is 6.85. The quantitative estimate of drug-likeness (QED) is 0.468. The highest BCUT2D eigenvalue weighted by molar-refractivity contribution is 6.06. The molecule has 2 heterocycles. The zero-order valence-electron chi connectivity index (χ0n) is 17.6. The number of carbonyl (C=O) groups is 1. The number of amides is 1. The predicted molar refractivity (Wildman–Crippen MR) is 129 cm³/mol. The number of fused-ring (bicyclic) bond motifs is 1. The number of nitrogens with one attached hydrogen (secondary N) is 2. The maximum absolute atomic E-state index is 12.7. The molecule has 4 aromatic rings. The van der Waals surface area contributed by atoms with Crippen LogP contribution >= 0.6 is 12.4 Å². The Labute approximate surface area is 193 Å². The van der Waals surface area contributed by atoms with Gasteiger partial charge in [0.25, 0.3) is 5.91 Å². The number of rotatable bonds is 5. The van der Waals surface area contributed by atoms with E-state index >= 15 is 0 Å². The first kappa shape index (κ1) is 22.0. The van der Waals surface area contributed by atoms with Crippen LogP contribution in [-0.4, -0.2) is 42.0 Å². The number of hydrogen-bond donors (Lipinski definition) is 2. The highest BCUT2D eigenvalue weighted by Gasteiger charge is 2.18. The van der Waals surface area contributed by atoms with E-state index in [1.165, 1.54) is 0 Å². The first-order valence-corrected chi connectivity index (χ1v) is 10.6. The van der Waals surface area contributed by atoms with Crippen LogP contribution in [0.2, 0.25) is 0 Å². The van der Waals surface area contributed by atoms with Gasteiger partial charge in [-0.15, -0.1) is 12.4 Å². The third-order valence-electron chi connectivity index (χ3n) is 5.54. The molecule has 164 valence electrons. The van der Waals surface area contributed by atoms with E-state index in [-0.39, 0.29) is 18.3 Å². The molecule has 1 amide bonds. The smallest absolute Gasteiger partial charge is 0.255 e. The summed E-state index contributed by atoms with van der Waals surface area (Å²) in [6, 6.07) is 22.9. The largest absolute Gasteiger partial charge is 0.436 e. The maximum Gasteiger partial charge on any atom is 0.255 e. The normalized spacial score (nSPS) is 14.1. The van der Waals surface area contributed by atoms with E-state index in [9.17, 15) is 4.79 Å². The second kappa shape index (κ2) is 9.96. The van der Waals surface area contributed by atoms with Gasteiger partial charge in [-0.05, 0) is 30.3 Å². The maximum atomic E-state index is 12.7. The summed E-state index contributed by atoms with van der Waals surface area (Å²) in [4.78, 5) is 19.8. The number of benzene rings is 3. The lowest BCUT2D eigenvalue weighted by molar-refractivity contribution is 0.102. The molecule has 32 heavy (non-hydrogen) atoms. The average Bonchev–Trinajstić information content (AvgIpc) is 3.26. The fourth-order valence-electron chi connectivity index (χ4n) is 3.92. The molecule has 2 N–H and O–H groups in total. The fraction of sp³-hybridized carbons (Fsp3) is 0.200. The van der Waals surface area contributed by atoms with Gasteiger partial charge in [0, 0.05) is 43.9 Å². The summed E-state index contributed by atoms with van der Waals surface area (Å²) in [5.41, 5.74) is 4.80. The number of oxazole rings is 1. The molecule has 0 spiro atoms. The first-order valence-electron chi connectivity index (χ1n) is 10.6. The van der Waals surface area contributed by atoms with Gasteiger partial charge in [-0.1, -0.05) is 42.5 Å². The molecule has 0 unspecified atom stereocenters. The Morgan fingerprint density at radius 3 is 2.53 bits per heavy atom. The van der Waals surface area contributed by atoms with Gasteiger partial charge in [-0.25, -0.2) is 4.98 Å². The Bertz CT molecular complexity index is 1200. The van der Waals surface area contributed by atoms with E-state index in [0.29, 0.717) is 17.1 Å². The molecule has 3 aromatic carbocycles. The lowest BCUT2D eigenvalue weighted by Gasteiger charge is -2.27. The number of nitrogens with zero attached hydrogens (tertiary/aromatic N) is 2. The summed E-state index contributed by atoms with van der Waals surface area (Å²) in [7, 11) is 0. The summed E-state index contributed by atoms with van der Waals surface area (Å²) >= 11 is 0. The van der Waals surface area contributed by atoms with Crippen LogP contribution in [0.15, 0.2) is 77.2 Å². The number of carbonyl (C=O) groups excluding carboxylic acids is 1. The van der Waals surface area contributed by atoms with Gasteiger partial charge in [0.15, 0.2) is 5.58 Å². The molecule has 0 saturated carbocycles. The SMILES string of the molecule is Cl.O=C(Nc1ccccc1-c1nc2cccc(CN3CCNCC3)c2o1)c1ccccc1. The Morgan fingerprint density at radius 1 is 0.969 bits per heavy atom. The first-order chi connectivity index (χ1) is 15.3. The van der Waals surface area contributed by atoms with E-state index in [2.05, 4.69) is 21.6 Å². The molecule has 0 aliphatic carbocycles. The molecule has 1 aliphatic heterocycles. The van der Waals surface area contributed by atoms with Gasteiger partial charge in [-0.3, -0.25) is 9.69 Å². The summed E-state index contributed by atoms with van der Waals surface area (Å²) in [5.74, 6) is 0.343. The van der Waals surface area contributed by atoms with Gasteiger partial charge in [0.05, 0.1) is 11.3 Å². The van der Waals surface area contributed by atoms with Crippen molar-refractivity contribution in [2.45, 2.75) is 6.54 Å². The van der Waals surface area contributed by atoms with Gasteiger partial charge in [0.2, 0.25) is 5.89 Å². The second-order valence-electron chi connectivity index (χ2n) is 7.68. The molecule has 0 atom stereocenters. The van der Waals surface area contributed by atoms with Crippen molar-refractivity contribution in [1.82, 2.24) is 15.2 Å². The van der Waals surface area contributed by atoms with E-state index in [4.69, 9.17) is 9.40 Å². The van der Waals surface area contributed by atoms with Crippen molar-refractivity contribution in [1.29, 1.82) is 0 Å². The summed E-state index contributed by atoms with van der Waals surface area (Å²) in [6.07, 6.45) is 0. The number of para-hydroxylation sites is 2. The van der Waals surface area contributed by atoms with Crippen molar-refractivity contribution in [3.05, 3.63) is 83.9 Å². The van der Waals surface area contributed by atoms with Crippen LogP contribution in [-0.2, 0) is 6.54 Å². The van der Waals surface area contributed by atoms with Gasteiger partial charge in [0.1, 0.15) is 5.52 Å².